The van der Waals surface area contributed by atoms with Gasteiger partial charge < -0.3 is 9.84 Å². The average Bonchev–Trinajstić information content (AvgIpc) is 2.97. The number of carboxylic acid groups (broad SMARTS) is 1. The third-order valence-electron chi connectivity index (χ3n) is 3.31. The van der Waals surface area contributed by atoms with Gasteiger partial charge in [0.25, 0.3) is 0 Å². The standard InChI is InChI=1S/C15H20N4O3/c1-2-3-9-13(15(20)21)19-14(16-17-18-19)10-11-22-12-7-5-4-6-8-12/h4-8,13H,2-3,9-11H2,1H3,(H,20,21). The van der Waals surface area contributed by atoms with Crippen molar-refractivity contribution in [1.29, 1.82) is 0 Å². The Balaban J connectivity index is 1.97. The molecule has 0 fully saturated rings. The number of carboxylic acids is 1. The largest absolute Gasteiger partial charge is 0.493 e. The van der Waals surface area contributed by atoms with E-state index in [9.17, 15) is 9.90 Å². The molecule has 1 aromatic carbocycles. The molecule has 0 bridgehead atoms. The van der Waals surface area contributed by atoms with E-state index < -0.39 is 12.0 Å². The molecule has 7 heteroatoms. The van der Waals surface area contributed by atoms with Crippen LogP contribution in [-0.2, 0) is 11.2 Å². The molecular formula is C15H20N4O3. The number of carbonyl (C=O) groups is 1. The summed E-state index contributed by atoms with van der Waals surface area (Å²) in [5.41, 5.74) is 0. The Morgan fingerprint density at radius 3 is 2.82 bits per heavy atom. The molecule has 0 saturated heterocycles. The number of benzene rings is 1. The first-order chi connectivity index (χ1) is 10.7. The first-order valence-electron chi connectivity index (χ1n) is 7.39. The number of para-hydroxylation sites is 1. The van der Waals surface area contributed by atoms with E-state index in [1.54, 1.807) is 0 Å². The minimum atomic E-state index is -0.911. The zero-order valence-electron chi connectivity index (χ0n) is 12.6. The third kappa shape index (κ3) is 4.28. The van der Waals surface area contributed by atoms with Gasteiger partial charge in [0, 0.05) is 6.42 Å². The predicted octanol–water partition coefficient (Wildman–Crippen LogP) is 2.11. The molecule has 1 heterocycles. The number of unbranched alkanes of at least 4 members (excludes halogenated alkanes) is 1. The highest BCUT2D eigenvalue weighted by molar-refractivity contribution is 5.71. The van der Waals surface area contributed by atoms with E-state index in [2.05, 4.69) is 15.5 Å². The number of ether oxygens (including phenoxy) is 1. The van der Waals surface area contributed by atoms with Gasteiger partial charge in [-0.1, -0.05) is 38.0 Å². The van der Waals surface area contributed by atoms with E-state index in [0.29, 0.717) is 25.3 Å². The summed E-state index contributed by atoms with van der Waals surface area (Å²) in [6.07, 6.45) is 2.72. The first-order valence-corrected chi connectivity index (χ1v) is 7.39. The Labute approximate surface area is 128 Å². The molecule has 118 valence electrons. The van der Waals surface area contributed by atoms with Crippen LogP contribution >= 0.6 is 0 Å². The Morgan fingerprint density at radius 1 is 1.36 bits per heavy atom. The second kappa shape index (κ2) is 8.11. The lowest BCUT2D eigenvalue weighted by molar-refractivity contribution is -0.141. The molecule has 0 aliphatic heterocycles. The van der Waals surface area contributed by atoms with E-state index >= 15 is 0 Å². The summed E-state index contributed by atoms with van der Waals surface area (Å²) in [6.45, 7) is 2.41. The number of aliphatic carboxylic acids is 1. The van der Waals surface area contributed by atoms with E-state index in [1.165, 1.54) is 4.68 Å². The fourth-order valence-corrected chi connectivity index (χ4v) is 2.14. The van der Waals surface area contributed by atoms with E-state index in [4.69, 9.17) is 4.74 Å². The summed E-state index contributed by atoms with van der Waals surface area (Å²) in [6, 6.07) is 8.71. The lowest BCUT2D eigenvalue weighted by Gasteiger charge is -2.13. The molecule has 1 N–H and O–H groups in total. The molecule has 2 rings (SSSR count). The molecule has 0 aliphatic carbocycles. The zero-order valence-corrected chi connectivity index (χ0v) is 12.6. The summed E-state index contributed by atoms with van der Waals surface area (Å²) < 4.78 is 6.99. The maximum atomic E-state index is 11.4. The first kappa shape index (κ1) is 15.9. The van der Waals surface area contributed by atoms with Crippen LogP contribution in [0.15, 0.2) is 30.3 Å². The molecule has 0 amide bonds. The molecule has 1 unspecified atom stereocenters. The molecule has 7 nitrogen and oxygen atoms in total. The highest BCUT2D eigenvalue weighted by Crippen LogP contribution is 2.16. The van der Waals surface area contributed by atoms with Crippen LogP contribution in [0.3, 0.4) is 0 Å². The highest BCUT2D eigenvalue weighted by Gasteiger charge is 2.23. The van der Waals surface area contributed by atoms with Crippen molar-refractivity contribution in [2.45, 2.75) is 38.6 Å². The Bertz CT molecular complexity index is 585. The fourth-order valence-electron chi connectivity index (χ4n) is 2.14. The van der Waals surface area contributed by atoms with Crippen LogP contribution < -0.4 is 4.74 Å². The zero-order chi connectivity index (χ0) is 15.8. The summed E-state index contributed by atoms with van der Waals surface area (Å²) in [5, 5.41) is 20.7. The van der Waals surface area contributed by atoms with Crippen molar-refractivity contribution >= 4 is 5.97 Å². The Kier molecular flexibility index (Phi) is 5.88. The molecule has 1 aromatic heterocycles. The minimum absolute atomic E-state index is 0.393. The van der Waals surface area contributed by atoms with Gasteiger partial charge in [-0.05, 0) is 29.0 Å². The minimum Gasteiger partial charge on any atom is -0.493 e. The molecule has 0 spiro atoms. The average molecular weight is 304 g/mol. The maximum absolute atomic E-state index is 11.4. The van der Waals surface area contributed by atoms with Crippen LogP contribution in [0.5, 0.6) is 5.75 Å². The lowest BCUT2D eigenvalue weighted by Crippen LogP contribution is -2.23. The van der Waals surface area contributed by atoms with Gasteiger partial charge in [0.05, 0.1) is 6.61 Å². The van der Waals surface area contributed by atoms with Gasteiger partial charge in [-0.25, -0.2) is 9.48 Å². The second-order valence-electron chi connectivity index (χ2n) is 4.95. The van der Waals surface area contributed by atoms with Gasteiger partial charge in [0.1, 0.15) is 5.75 Å². The number of tetrazole rings is 1. The molecule has 0 radical (unpaired) electrons. The van der Waals surface area contributed by atoms with Crippen molar-refractivity contribution in [3.05, 3.63) is 36.2 Å². The summed E-state index contributed by atoms with van der Waals surface area (Å²) in [5.74, 6) is 0.382. The topological polar surface area (TPSA) is 90.1 Å². The van der Waals surface area contributed by atoms with Gasteiger partial charge in [-0.2, -0.15) is 0 Å². The summed E-state index contributed by atoms with van der Waals surface area (Å²) in [7, 11) is 0. The van der Waals surface area contributed by atoms with Crippen LogP contribution in [-0.4, -0.2) is 37.9 Å². The third-order valence-corrected chi connectivity index (χ3v) is 3.31. The van der Waals surface area contributed by atoms with Crippen molar-refractivity contribution in [2.24, 2.45) is 0 Å². The highest BCUT2D eigenvalue weighted by atomic mass is 16.5. The summed E-state index contributed by atoms with van der Waals surface area (Å²) >= 11 is 0. The Morgan fingerprint density at radius 2 is 2.14 bits per heavy atom. The van der Waals surface area contributed by atoms with E-state index in [0.717, 1.165) is 18.6 Å². The molecule has 1 atom stereocenters. The second-order valence-corrected chi connectivity index (χ2v) is 4.95. The summed E-state index contributed by atoms with van der Waals surface area (Å²) in [4.78, 5) is 11.4. The van der Waals surface area contributed by atoms with Crippen LogP contribution in [0, 0.1) is 0 Å². The van der Waals surface area contributed by atoms with E-state index in [1.807, 2.05) is 37.3 Å². The molecular weight excluding hydrogens is 284 g/mol. The van der Waals surface area contributed by atoms with Gasteiger partial charge in [0.2, 0.25) is 0 Å². The van der Waals surface area contributed by atoms with Crippen molar-refractivity contribution in [2.75, 3.05) is 6.61 Å². The molecule has 2 aromatic rings. The van der Waals surface area contributed by atoms with Gasteiger partial charge in [-0.3, -0.25) is 0 Å². The predicted molar refractivity (Wildman–Crippen MR) is 79.7 cm³/mol. The van der Waals surface area contributed by atoms with Crippen molar-refractivity contribution in [3.63, 3.8) is 0 Å². The normalized spacial score (nSPS) is 12.0. The van der Waals surface area contributed by atoms with E-state index in [-0.39, 0.29) is 0 Å². The van der Waals surface area contributed by atoms with Gasteiger partial charge >= 0.3 is 5.97 Å². The van der Waals surface area contributed by atoms with Crippen LogP contribution in [0.2, 0.25) is 0 Å². The SMILES string of the molecule is CCCCC(C(=O)O)n1nnnc1CCOc1ccccc1. The number of nitrogens with zero attached hydrogens (tertiary/aromatic N) is 4. The van der Waals surface area contributed by atoms with Crippen LogP contribution in [0.1, 0.15) is 38.1 Å². The molecule has 0 saturated carbocycles. The number of hydrogen-bond acceptors (Lipinski definition) is 5. The number of aromatic nitrogens is 4. The van der Waals surface area contributed by atoms with Gasteiger partial charge in [-0.15, -0.1) is 5.10 Å². The number of hydrogen-bond donors (Lipinski definition) is 1. The smallest absolute Gasteiger partial charge is 0.328 e. The maximum Gasteiger partial charge on any atom is 0.328 e. The quantitative estimate of drug-likeness (QED) is 0.763. The van der Waals surface area contributed by atoms with Crippen molar-refractivity contribution < 1.29 is 14.6 Å². The van der Waals surface area contributed by atoms with Crippen LogP contribution in [0.4, 0.5) is 0 Å². The van der Waals surface area contributed by atoms with Crippen molar-refractivity contribution in [1.82, 2.24) is 20.2 Å². The lowest BCUT2D eigenvalue weighted by atomic mass is 10.1. The number of rotatable bonds is 9. The fraction of sp³-hybridized carbons (Fsp3) is 0.467. The Hall–Kier alpha value is -2.44. The van der Waals surface area contributed by atoms with Crippen LogP contribution in [0.25, 0.3) is 0 Å². The molecule has 22 heavy (non-hydrogen) atoms. The van der Waals surface area contributed by atoms with Gasteiger partial charge in [0.15, 0.2) is 11.9 Å². The monoisotopic (exact) mass is 304 g/mol. The molecule has 0 aliphatic rings. The van der Waals surface area contributed by atoms with Crippen molar-refractivity contribution in [3.8, 4) is 5.75 Å².